The maximum Gasteiger partial charge on any atom is 0.220 e. The van der Waals surface area contributed by atoms with Gasteiger partial charge >= 0.3 is 0 Å². The molecule has 0 spiro atoms. The number of amides is 1. The summed E-state index contributed by atoms with van der Waals surface area (Å²) in [5.74, 6) is 0.794. The number of nitrogens with one attached hydrogen (secondary N) is 2. The lowest BCUT2D eigenvalue weighted by atomic mass is 9.93. The number of nitrogens with zero attached hydrogens (tertiary/aromatic N) is 1. The summed E-state index contributed by atoms with van der Waals surface area (Å²) in [4.78, 5) is 15.9. The largest absolute Gasteiger partial charge is 0.453 e. The first-order valence-electron chi connectivity index (χ1n) is 9.04. The Morgan fingerprint density at radius 3 is 2.88 bits per heavy atom. The van der Waals surface area contributed by atoms with Crippen molar-refractivity contribution >= 4 is 5.91 Å². The third-order valence-electron chi connectivity index (χ3n) is 4.59. The van der Waals surface area contributed by atoms with Gasteiger partial charge in [-0.3, -0.25) is 9.78 Å². The van der Waals surface area contributed by atoms with E-state index in [2.05, 4.69) is 15.6 Å². The number of piperidine rings is 1. The molecule has 2 aromatic rings. The fraction of sp³-hybridized carbons (Fsp3) is 0.400. The van der Waals surface area contributed by atoms with Gasteiger partial charge in [0.25, 0.3) is 0 Å². The third-order valence-corrected chi connectivity index (χ3v) is 4.59. The van der Waals surface area contributed by atoms with E-state index in [1.807, 2.05) is 0 Å². The zero-order valence-corrected chi connectivity index (χ0v) is 14.7. The van der Waals surface area contributed by atoms with Crippen LogP contribution in [0.1, 0.15) is 31.2 Å². The SMILES string of the molecule is O=C(CCC1CCNCC1)NCc1ccc(Oc2cccnc2)c(F)c1. The molecule has 0 saturated carbocycles. The molecule has 1 aliphatic heterocycles. The Morgan fingerprint density at radius 2 is 2.15 bits per heavy atom. The Morgan fingerprint density at radius 1 is 1.31 bits per heavy atom. The van der Waals surface area contributed by atoms with Crippen LogP contribution in [0.25, 0.3) is 0 Å². The van der Waals surface area contributed by atoms with E-state index < -0.39 is 5.82 Å². The first kappa shape index (κ1) is 18.3. The number of hydrogen-bond acceptors (Lipinski definition) is 4. The van der Waals surface area contributed by atoms with E-state index in [-0.39, 0.29) is 11.7 Å². The van der Waals surface area contributed by atoms with Crippen molar-refractivity contribution in [3.63, 3.8) is 0 Å². The summed E-state index contributed by atoms with van der Waals surface area (Å²) in [7, 11) is 0. The molecule has 1 amide bonds. The van der Waals surface area contributed by atoms with Crippen LogP contribution >= 0.6 is 0 Å². The van der Waals surface area contributed by atoms with Crippen LogP contribution in [0.3, 0.4) is 0 Å². The molecule has 0 bridgehead atoms. The molecule has 1 saturated heterocycles. The molecule has 3 rings (SSSR count). The van der Waals surface area contributed by atoms with Crippen molar-refractivity contribution in [2.24, 2.45) is 5.92 Å². The number of pyridine rings is 1. The molecule has 2 heterocycles. The summed E-state index contributed by atoms with van der Waals surface area (Å²) in [5, 5.41) is 6.19. The second-order valence-electron chi connectivity index (χ2n) is 6.56. The van der Waals surface area contributed by atoms with E-state index >= 15 is 0 Å². The molecule has 1 aromatic carbocycles. The Kier molecular flexibility index (Phi) is 6.55. The van der Waals surface area contributed by atoms with Crippen molar-refractivity contribution in [2.75, 3.05) is 13.1 Å². The number of hydrogen-bond donors (Lipinski definition) is 2. The summed E-state index contributed by atoms with van der Waals surface area (Å²) in [6.45, 7) is 2.40. The number of halogens is 1. The van der Waals surface area contributed by atoms with Crippen molar-refractivity contribution < 1.29 is 13.9 Å². The molecule has 5 nitrogen and oxygen atoms in total. The summed E-state index contributed by atoms with van der Waals surface area (Å²) in [5.41, 5.74) is 0.705. The highest BCUT2D eigenvalue weighted by Crippen LogP contribution is 2.24. The predicted molar refractivity (Wildman–Crippen MR) is 97.4 cm³/mol. The van der Waals surface area contributed by atoms with Crippen LogP contribution in [0.2, 0.25) is 0 Å². The lowest BCUT2D eigenvalue weighted by molar-refractivity contribution is -0.121. The van der Waals surface area contributed by atoms with Crippen molar-refractivity contribution in [1.82, 2.24) is 15.6 Å². The monoisotopic (exact) mass is 357 g/mol. The second kappa shape index (κ2) is 9.29. The van der Waals surface area contributed by atoms with Gasteiger partial charge in [0.1, 0.15) is 5.75 Å². The maximum atomic E-state index is 14.2. The Bertz CT molecular complexity index is 718. The molecular formula is C20H24FN3O2. The van der Waals surface area contributed by atoms with Crippen LogP contribution in [-0.4, -0.2) is 24.0 Å². The number of aromatic nitrogens is 1. The van der Waals surface area contributed by atoms with Gasteiger partial charge in [-0.15, -0.1) is 0 Å². The maximum absolute atomic E-state index is 14.2. The minimum absolute atomic E-state index is 0.0135. The summed E-state index contributed by atoms with van der Waals surface area (Å²) < 4.78 is 19.7. The Hall–Kier alpha value is -2.47. The van der Waals surface area contributed by atoms with Crippen molar-refractivity contribution in [1.29, 1.82) is 0 Å². The molecule has 0 atom stereocenters. The fourth-order valence-corrected chi connectivity index (χ4v) is 3.07. The van der Waals surface area contributed by atoms with Crippen LogP contribution in [-0.2, 0) is 11.3 Å². The van der Waals surface area contributed by atoms with Gasteiger partial charge in [-0.1, -0.05) is 6.07 Å². The standard InChI is InChI=1S/C20H24FN3O2/c21-18-12-16(3-5-19(18)26-17-2-1-9-23-14-17)13-24-20(25)6-4-15-7-10-22-11-8-15/h1-3,5,9,12,14-15,22H,4,6-8,10-11,13H2,(H,24,25). The number of ether oxygens (including phenoxy) is 1. The van der Waals surface area contributed by atoms with Gasteiger partial charge in [0.2, 0.25) is 5.91 Å². The lowest BCUT2D eigenvalue weighted by Gasteiger charge is -2.22. The van der Waals surface area contributed by atoms with Gasteiger partial charge in [0.15, 0.2) is 11.6 Å². The van der Waals surface area contributed by atoms with E-state index in [0.29, 0.717) is 30.2 Å². The van der Waals surface area contributed by atoms with Gasteiger partial charge in [-0.25, -0.2) is 4.39 Å². The van der Waals surface area contributed by atoms with Gasteiger partial charge in [0.05, 0.1) is 6.20 Å². The molecule has 1 aliphatic rings. The second-order valence-corrected chi connectivity index (χ2v) is 6.56. The van der Waals surface area contributed by atoms with E-state index in [4.69, 9.17) is 4.74 Å². The first-order valence-corrected chi connectivity index (χ1v) is 9.04. The van der Waals surface area contributed by atoms with Crippen LogP contribution < -0.4 is 15.4 Å². The van der Waals surface area contributed by atoms with Gasteiger partial charge < -0.3 is 15.4 Å². The Balaban J connectivity index is 1.46. The minimum Gasteiger partial charge on any atom is -0.453 e. The van der Waals surface area contributed by atoms with E-state index in [0.717, 1.165) is 32.4 Å². The minimum atomic E-state index is -0.463. The highest BCUT2D eigenvalue weighted by molar-refractivity contribution is 5.75. The highest BCUT2D eigenvalue weighted by atomic mass is 19.1. The Labute approximate surface area is 153 Å². The van der Waals surface area contributed by atoms with Crippen molar-refractivity contribution in [2.45, 2.75) is 32.2 Å². The number of carbonyl (C=O) groups excluding carboxylic acids is 1. The normalized spacial score (nSPS) is 14.8. The van der Waals surface area contributed by atoms with E-state index in [9.17, 15) is 9.18 Å². The van der Waals surface area contributed by atoms with Gasteiger partial charge in [0, 0.05) is 19.2 Å². The molecule has 2 N–H and O–H groups in total. The molecule has 1 fully saturated rings. The average Bonchev–Trinajstić information content (AvgIpc) is 2.68. The number of carbonyl (C=O) groups is 1. The van der Waals surface area contributed by atoms with Crippen molar-refractivity contribution in [3.05, 3.63) is 54.1 Å². The fourth-order valence-electron chi connectivity index (χ4n) is 3.07. The molecule has 0 unspecified atom stereocenters. The average molecular weight is 357 g/mol. The smallest absolute Gasteiger partial charge is 0.220 e. The molecule has 0 aliphatic carbocycles. The molecular weight excluding hydrogens is 333 g/mol. The van der Waals surface area contributed by atoms with Crippen LogP contribution in [0.4, 0.5) is 4.39 Å². The van der Waals surface area contributed by atoms with Crippen LogP contribution in [0.5, 0.6) is 11.5 Å². The number of rotatable bonds is 7. The van der Waals surface area contributed by atoms with E-state index in [1.165, 1.54) is 12.3 Å². The third kappa shape index (κ3) is 5.52. The predicted octanol–water partition coefficient (Wildman–Crippen LogP) is 3.41. The summed E-state index contributed by atoms with van der Waals surface area (Å²) >= 11 is 0. The molecule has 0 radical (unpaired) electrons. The quantitative estimate of drug-likeness (QED) is 0.797. The molecule has 1 aromatic heterocycles. The van der Waals surface area contributed by atoms with Crippen LogP contribution in [0.15, 0.2) is 42.7 Å². The summed E-state index contributed by atoms with van der Waals surface area (Å²) in [6, 6.07) is 8.14. The zero-order valence-electron chi connectivity index (χ0n) is 14.7. The lowest BCUT2D eigenvalue weighted by Crippen LogP contribution is -2.29. The molecule has 6 heteroatoms. The molecule has 138 valence electrons. The van der Waals surface area contributed by atoms with Crippen LogP contribution in [0, 0.1) is 11.7 Å². The van der Waals surface area contributed by atoms with Crippen molar-refractivity contribution in [3.8, 4) is 11.5 Å². The highest BCUT2D eigenvalue weighted by Gasteiger charge is 2.14. The summed E-state index contributed by atoms with van der Waals surface area (Å²) in [6.07, 6.45) is 6.86. The number of benzene rings is 1. The zero-order chi connectivity index (χ0) is 18.2. The first-order chi connectivity index (χ1) is 12.7. The van der Waals surface area contributed by atoms with E-state index in [1.54, 1.807) is 30.5 Å². The molecule has 26 heavy (non-hydrogen) atoms. The topological polar surface area (TPSA) is 63.2 Å². The van der Waals surface area contributed by atoms with Gasteiger partial charge in [-0.2, -0.15) is 0 Å². The van der Waals surface area contributed by atoms with Gasteiger partial charge in [-0.05, 0) is 68.1 Å².